The number of aryl methyl sites for hydroxylation is 1. The van der Waals surface area contributed by atoms with Crippen molar-refractivity contribution in [3.63, 3.8) is 0 Å². The molecule has 0 aliphatic rings. The molecule has 2 heterocycles. The molecule has 1 N–H and O–H groups in total. The van der Waals surface area contributed by atoms with Crippen molar-refractivity contribution in [2.24, 2.45) is 5.10 Å². The van der Waals surface area contributed by atoms with Crippen LogP contribution in [0.5, 0.6) is 0 Å². The number of carbonyl (C=O) groups excluding carboxylic acids is 1. The molecule has 0 bridgehead atoms. The number of carbonyl (C=O) groups is 1. The van der Waals surface area contributed by atoms with E-state index in [1.807, 2.05) is 12.1 Å². The van der Waals surface area contributed by atoms with Crippen LogP contribution in [-0.4, -0.2) is 26.4 Å². The molecule has 0 fully saturated rings. The normalized spacial score (nSPS) is 11.6. The summed E-state index contributed by atoms with van der Waals surface area (Å²) in [5.41, 5.74) is 4.07. The van der Waals surface area contributed by atoms with Crippen LogP contribution in [0.3, 0.4) is 0 Å². The van der Waals surface area contributed by atoms with Gasteiger partial charge in [0.05, 0.1) is 11.1 Å². The number of hydrogen-bond acceptors (Lipinski definition) is 5. The zero-order valence-corrected chi connectivity index (χ0v) is 16.1. The Labute approximate surface area is 163 Å². The van der Waals surface area contributed by atoms with Crippen molar-refractivity contribution in [2.45, 2.75) is 39.7 Å². The van der Waals surface area contributed by atoms with E-state index in [9.17, 15) is 9.59 Å². The zero-order valence-electron chi connectivity index (χ0n) is 16.1. The van der Waals surface area contributed by atoms with Crippen LogP contribution in [0, 0.1) is 0 Å². The Hall–Kier alpha value is -3.35. The van der Waals surface area contributed by atoms with Crippen LogP contribution in [0.4, 0.5) is 0 Å². The number of hydrogen-bond donors (Lipinski definition) is 1. The van der Waals surface area contributed by atoms with Crippen molar-refractivity contribution in [3.05, 3.63) is 70.4 Å². The van der Waals surface area contributed by atoms with Gasteiger partial charge >= 0.3 is 0 Å². The Morgan fingerprint density at radius 2 is 1.82 bits per heavy atom. The lowest BCUT2D eigenvalue weighted by Crippen LogP contribution is -2.29. The van der Waals surface area contributed by atoms with Crippen molar-refractivity contribution in [1.29, 1.82) is 0 Å². The SMILES string of the molecule is CCCCCn1nc(C(=O)N/N=C(/C)c2ccncc2)c2ccccc2c1=O. The summed E-state index contributed by atoms with van der Waals surface area (Å²) < 4.78 is 1.38. The Morgan fingerprint density at radius 1 is 1.11 bits per heavy atom. The predicted octanol–water partition coefficient (Wildman–Crippen LogP) is 3.14. The highest BCUT2D eigenvalue weighted by Gasteiger charge is 2.16. The van der Waals surface area contributed by atoms with Gasteiger partial charge in [0.15, 0.2) is 5.69 Å². The van der Waals surface area contributed by atoms with E-state index in [0.29, 0.717) is 23.0 Å². The van der Waals surface area contributed by atoms with Gasteiger partial charge in [-0.1, -0.05) is 38.0 Å². The molecule has 0 aliphatic heterocycles. The number of fused-ring (bicyclic) bond motifs is 1. The molecule has 0 atom stereocenters. The first kappa shape index (κ1) is 19.4. The van der Waals surface area contributed by atoms with Crippen molar-refractivity contribution in [2.75, 3.05) is 0 Å². The molecule has 0 saturated heterocycles. The van der Waals surface area contributed by atoms with E-state index in [4.69, 9.17) is 0 Å². The first-order valence-corrected chi connectivity index (χ1v) is 9.36. The maximum Gasteiger partial charge on any atom is 0.292 e. The molecule has 1 amide bonds. The smallest absolute Gasteiger partial charge is 0.267 e. The molecular weight excluding hydrogens is 354 g/mol. The molecule has 28 heavy (non-hydrogen) atoms. The van der Waals surface area contributed by atoms with E-state index < -0.39 is 5.91 Å². The first-order chi connectivity index (χ1) is 13.6. The summed E-state index contributed by atoms with van der Waals surface area (Å²) in [4.78, 5) is 29.4. The van der Waals surface area contributed by atoms with E-state index >= 15 is 0 Å². The first-order valence-electron chi connectivity index (χ1n) is 9.36. The Balaban J connectivity index is 1.93. The summed E-state index contributed by atoms with van der Waals surface area (Å²) in [7, 11) is 0. The molecule has 0 unspecified atom stereocenters. The molecule has 3 aromatic rings. The minimum absolute atomic E-state index is 0.181. The lowest BCUT2D eigenvalue weighted by atomic mass is 10.1. The van der Waals surface area contributed by atoms with Gasteiger partial charge in [0.25, 0.3) is 11.5 Å². The quantitative estimate of drug-likeness (QED) is 0.389. The highest BCUT2D eigenvalue weighted by molar-refractivity contribution is 6.06. The molecule has 0 saturated carbocycles. The molecule has 2 aromatic heterocycles. The molecular formula is C21H23N5O2. The average molecular weight is 377 g/mol. The van der Waals surface area contributed by atoms with Gasteiger partial charge in [-0.2, -0.15) is 10.2 Å². The molecule has 7 heteroatoms. The number of nitrogens with zero attached hydrogens (tertiary/aromatic N) is 4. The summed E-state index contributed by atoms with van der Waals surface area (Å²) in [6.07, 6.45) is 6.20. The number of rotatable bonds is 7. The van der Waals surface area contributed by atoms with Gasteiger partial charge in [0, 0.05) is 29.9 Å². The van der Waals surface area contributed by atoms with Crippen LogP contribution in [0.15, 0.2) is 58.7 Å². The Kier molecular flexibility index (Phi) is 6.26. The molecule has 0 radical (unpaired) electrons. The standard InChI is InChI=1S/C21H23N5O2/c1-3-4-7-14-26-21(28)18-9-6-5-8-17(18)19(25-26)20(27)24-23-15(2)16-10-12-22-13-11-16/h5-6,8-13H,3-4,7,14H2,1-2H3,(H,24,27)/b23-15-. The maximum atomic E-state index is 12.8. The summed E-state index contributed by atoms with van der Waals surface area (Å²) in [5, 5.41) is 9.51. The Morgan fingerprint density at radius 3 is 2.54 bits per heavy atom. The van der Waals surface area contributed by atoms with Gasteiger partial charge in [0.2, 0.25) is 0 Å². The molecule has 0 aliphatic carbocycles. The van der Waals surface area contributed by atoms with E-state index in [2.05, 4.69) is 27.5 Å². The second-order valence-electron chi connectivity index (χ2n) is 6.50. The number of unbranched alkanes of at least 4 members (excludes halogenated alkanes) is 2. The third-order valence-corrected chi connectivity index (χ3v) is 4.48. The fourth-order valence-corrected chi connectivity index (χ4v) is 2.91. The van der Waals surface area contributed by atoms with Gasteiger partial charge in [-0.05, 0) is 31.5 Å². The highest BCUT2D eigenvalue weighted by atomic mass is 16.2. The van der Waals surface area contributed by atoms with Gasteiger partial charge in [-0.15, -0.1) is 0 Å². The summed E-state index contributed by atoms with van der Waals surface area (Å²) in [6.45, 7) is 4.38. The maximum absolute atomic E-state index is 12.8. The van der Waals surface area contributed by atoms with E-state index in [-0.39, 0.29) is 11.3 Å². The summed E-state index contributed by atoms with van der Waals surface area (Å²) in [5.74, 6) is -0.450. The molecule has 1 aromatic carbocycles. The van der Waals surface area contributed by atoms with Crippen LogP contribution in [0.1, 0.15) is 49.2 Å². The second kappa shape index (κ2) is 9.03. The fraction of sp³-hybridized carbons (Fsp3) is 0.286. The molecule has 3 rings (SSSR count). The predicted molar refractivity (Wildman–Crippen MR) is 109 cm³/mol. The van der Waals surface area contributed by atoms with Gasteiger partial charge < -0.3 is 0 Å². The van der Waals surface area contributed by atoms with Crippen molar-refractivity contribution in [1.82, 2.24) is 20.2 Å². The minimum atomic E-state index is -0.450. The lowest BCUT2D eigenvalue weighted by molar-refractivity contribution is 0.0949. The number of amides is 1. The van der Waals surface area contributed by atoms with E-state index in [1.165, 1.54) is 4.68 Å². The average Bonchev–Trinajstić information content (AvgIpc) is 2.74. The third kappa shape index (κ3) is 4.31. The largest absolute Gasteiger partial charge is 0.292 e. The Bertz CT molecular complexity index is 1060. The number of aromatic nitrogens is 3. The van der Waals surface area contributed by atoms with Crippen LogP contribution in [0.2, 0.25) is 0 Å². The fourth-order valence-electron chi connectivity index (χ4n) is 2.91. The summed E-state index contributed by atoms with van der Waals surface area (Å²) >= 11 is 0. The van der Waals surface area contributed by atoms with E-state index in [0.717, 1.165) is 24.8 Å². The number of hydrazone groups is 1. The van der Waals surface area contributed by atoms with Crippen molar-refractivity contribution >= 4 is 22.4 Å². The van der Waals surface area contributed by atoms with Gasteiger partial charge in [-0.25, -0.2) is 10.1 Å². The minimum Gasteiger partial charge on any atom is -0.267 e. The molecule has 7 nitrogen and oxygen atoms in total. The zero-order chi connectivity index (χ0) is 19.9. The van der Waals surface area contributed by atoms with Crippen LogP contribution in [0.25, 0.3) is 10.8 Å². The van der Waals surface area contributed by atoms with E-state index in [1.54, 1.807) is 43.6 Å². The van der Waals surface area contributed by atoms with Gasteiger partial charge in [-0.3, -0.25) is 14.6 Å². The number of pyridine rings is 1. The van der Waals surface area contributed by atoms with Crippen LogP contribution < -0.4 is 11.0 Å². The number of benzene rings is 1. The highest BCUT2D eigenvalue weighted by Crippen LogP contribution is 2.13. The second-order valence-corrected chi connectivity index (χ2v) is 6.50. The monoisotopic (exact) mass is 377 g/mol. The number of nitrogens with one attached hydrogen (secondary N) is 1. The van der Waals surface area contributed by atoms with Crippen molar-refractivity contribution < 1.29 is 4.79 Å². The third-order valence-electron chi connectivity index (χ3n) is 4.48. The van der Waals surface area contributed by atoms with Crippen LogP contribution in [-0.2, 0) is 6.54 Å². The lowest BCUT2D eigenvalue weighted by Gasteiger charge is -2.10. The van der Waals surface area contributed by atoms with Gasteiger partial charge in [0.1, 0.15) is 0 Å². The summed E-state index contributed by atoms with van der Waals surface area (Å²) in [6, 6.07) is 10.6. The topological polar surface area (TPSA) is 89.2 Å². The molecule has 0 spiro atoms. The molecule has 144 valence electrons. The van der Waals surface area contributed by atoms with Crippen molar-refractivity contribution in [3.8, 4) is 0 Å². The van der Waals surface area contributed by atoms with Crippen LogP contribution >= 0.6 is 0 Å².